The minimum absolute atomic E-state index is 0.0908. The van der Waals surface area contributed by atoms with Crippen molar-refractivity contribution in [2.24, 2.45) is 5.92 Å². The van der Waals surface area contributed by atoms with Crippen LogP contribution in [0.3, 0.4) is 0 Å². The van der Waals surface area contributed by atoms with Crippen LogP contribution in [0.4, 0.5) is 0 Å². The SMILES string of the molecule is Cc1ncoc1C(=O)N1CCn2c(CCOCC3CC3)cnc2[C@@H]1C. The van der Waals surface area contributed by atoms with E-state index in [9.17, 15) is 4.79 Å². The van der Waals surface area contributed by atoms with Crippen LogP contribution in [0.15, 0.2) is 17.0 Å². The monoisotopic (exact) mass is 344 g/mol. The van der Waals surface area contributed by atoms with Gasteiger partial charge in [-0.2, -0.15) is 0 Å². The van der Waals surface area contributed by atoms with Gasteiger partial charge in [-0.05, 0) is 32.6 Å². The summed E-state index contributed by atoms with van der Waals surface area (Å²) >= 11 is 0. The van der Waals surface area contributed by atoms with Crippen molar-refractivity contribution in [3.63, 3.8) is 0 Å². The third-order valence-electron chi connectivity index (χ3n) is 5.13. The molecule has 2 aromatic rings. The van der Waals surface area contributed by atoms with E-state index in [-0.39, 0.29) is 11.9 Å². The fourth-order valence-electron chi connectivity index (χ4n) is 3.39. The summed E-state index contributed by atoms with van der Waals surface area (Å²) in [6, 6.07) is -0.0908. The second-order valence-corrected chi connectivity index (χ2v) is 6.97. The number of carbonyl (C=O) groups is 1. The van der Waals surface area contributed by atoms with Gasteiger partial charge in [0, 0.05) is 38.0 Å². The fourth-order valence-corrected chi connectivity index (χ4v) is 3.39. The molecule has 0 unspecified atom stereocenters. The molecule has 134 valence electrons. The minimum Gasteiger partial charge on any atom is -0.438 e. The van der Waals surface area contributed by atoms with Gasteiger partial charge < -0.3 is 18.6 Å². The zero-order chi connectivity index (χ0) is 17.4. The number of hydrogen-bond donors (Lipinski definition) is 0. The summed E-state index contributed by atoms with van der Waals surface area (Å²) in [7, 11) is 0. The van der Waals surface area contributed by atoms with E-state index in [0.717, 1.165) is 37.9 Å². The largest absolute Gasteiger partial charge is 0.438 e. The molecule has 1 saturated carbocycles. The first-order valence-electron chi connectivity index (χ1n) is 8.98. The van der Waals surface area contributed by atoms with Gasteiger partial charge in [-0.15, -0.1) is 0 Å². The highest BCUT2D eigenvalue weighted by Gasteiger charge is 2.33. The molecule has 7 heteroatoms. The van der Waals surface area contributed by atoms with Gasteiger partial charge >= 0.3 is 0 Å². The molecule has 1 aliphatic heterocycles. The first kappa shape index (κ1) is 16.3. The summed E-state index contributed by atoms with van der Waals surface area (Å²) in [5.74, 6) is 1.92. The number of carbonyl (C=O) groups excluding carboxylic acids is 1. The van der Waals surface area contributed by atoms with E-state index in [0.29, 0.717) is 18.0 Å². The summed E-state index contributed by atoms with van der Waals surface area (Å²) in [5, 5.41) is 0. The van der Waals surface area contributed by atoms with Crippen molar-refractivity contribution in [1.29, 1.82) is 0 Å². The standard InChI is InChI=1S/C18H24N4O3/c1-12-16(25-11-20-12)18(23)21-6-7-22-15(9-19-17(22)13(21)2)5-8-24-10-14-3-4-14/h9,11,13-14H,3-8,10H2,1-2H3/t13-/m0/s1. The number of aromatic nitrogens is 3. The normalized spacial score (nSPS) is 19.9. The molecule has 0 radical (unpaired) electrons. The molecule has 2 aromatic heterocycles. The van der Waals surface area contributed by atoms with Gasteiger partial charge in [0.1, 0.15) is 5.82 Å². The van der Waals surface area contributed by atoms with Gasteiger partial charge in [-0.1, -0.05) is 0 Å². The molecule has 0 saturated heterocycles. The van der Waals surface area contributed by atoms with Gasteiger partial charge in [0.05, 0.1) is 18.3 Å². The van der Waals surface area contributed by atoms with Crippen LogP contribution in [0.2, 0.25) is 0 Å². The molecule has 1 fully saturated rings. The van der Waals surface area contributed by atoms with E-state index < -0.39 is 0 Å². The van der Waals surface area contributed by atoms with Gasteiger partial charge in [0.15, 0.2) is 6.39 Å². The number of aryl methyl sites for hydroxylation is 1. The smallest absolute Gasteiger partial charge is 0.292 e. The van der Waals surface area contributed by atoms with E-state index in [1.165, 1.54) is 24.9 Å². The lowest BCUT2D eigenvalue weighted by molar-refractivity contribution is 0.0601. The van der Waals surface area contributed by atoms with Crippen molar-refractivity contribution in [2.75, 3.05) is 19.8 Å². The van der Waals surface area contributed by atoms with Crippen LogP contribution in [0.1, 0.15) is 53.6 Å². The predicted molar refractivity (Wildman–Crippen MR) is 90.2 cm³/mol. The quantitative estimate of drug-likeness (QED) is 0.752. The van der Waals surface area contributed by atoms with Gasteiger partial charge in [-0.25, -0.2) is 9.97 Å². The minimum atomic E-state index is -0.119. The number of nitrogens with zero attached hydrogens (tertiary/aromatic N) is 4. The molecule has 2 aliphatic rings. The van der Waals surface area contributed by atoms with E-state index in [1.54, 1.807) is 6.92 Å². The lowest BCUT2D eigenvalue weighted by atomic mass is 10.1. The Hall–Kier alpha value is -2.15. The molecule has 3 heterocycles. The lowest BCUT2D eigenvalue weighted by Crippen LogP contribution is -2.41. The molecular weight excluding hydrogens is 320 g/mol. The average molecular weight is 344 g/mol. The zero-order valence-corrected chi connectivity index (χ0v) is 14.8. The zero-order valence-electron chi connectivity index (χ0n) is 14.8. The van der Waals surface area contributed by atoms with Crippen LogP contribution in [0.5, 0.6) is 0 Å². The first-order chi connectivity index (χ1) is 12.1. The van der Waals surface area contributed by atoms with Crippen molar-refractivity contribution in [3.8, 4) is 0 Å². The van der Waals surface area contributed by atoms with E-state index >= 15 is 0 Å². The number of amides is 1. The third kappa shape index (κ3) is 3.20. The van der Waals surface area contributed by atoms with Gasteiger partial charge in [0.2, 0.25) is 5.76 Å². The molecule has 0 aromatic carbocycles. The maximum absolute atomic E-state index is 12.7. The summed E-state index contributed by atoms with van der Waals surface area (Å²) in [6.45, 7) is 6.79. The summed E-state index contributed by atoms with van der Waals surface area (Å²) in [4.78, 5) is 23.1. The maximum Gasteiger partial charge on any atom is 0.292 e. The Morgan fingerprint density at radius 3 is 2.92 bits per heavy atom. The van der Waals surface area contributed by atoms with Crippen LogP contribution in [0, 0.1) is 12.8 Å². The van der Waals surface area contributed by atoms with E-state index in [2.05, 4.69) is 14.5 Å². The topological polar surface area (TPSA) is 73.4 Å². The molecule has 4 rings (SSSR count). The summed E-state index contributed by atoms with van der Waals surface area (Å²) < 4.78 is 13.2. The highest BCUT2D eigenvalue weighted by molar-refractivity contribution is 5.92. The number of fused-ring (bicyclic) bond motifs is 1. The second kappa shape index (κ2) is 6.63. The van der Waals surface area contributed by atoms with Crippen LogP contribution in [-0.2, 0) is 17.7 Å². The maximum atomic E-state index is 12.7. The first-order valence-corrected chi connectivity index (χ1v) is 8.98. The highest BCUT2D eigenvalue weighted by Crippen LogP contribution is 2.29. The number of rotatable bonds is 6. The Balaban J connectivity index is 1.43. The Labute approximate surface area is 147 Å². The number of oxazole rings is 1. The van der Waals surface area contributed by atoms with Crippen molar-refractivity contribution >= 4 is 5.91 Å². The molecule has 0 bridgehead atoms. The molecule has 0 N–H and O–H groups in total. The fraction of sp³-hybridized carbons (Fsp3) is 0.611. The highest BCUT2D eigenvalue weighted by atomic mass is 16.5. The van der Waals surface area contributed by atoms with Crippen molar-refractivity contribution < 1.29 is 13.9 Å². The summed E-state index contributed by atoms with van der Waals surface area (Å²) in [5.41, 5.74) is 1.81. The molecule has 1 amide bonds. The van der Waals surface area contributed by atoms with Crippen molar-refractivity contribution in [3.05, 3.63) is 35.6 Å². The third-order valence-corrected chi connectivity index (χ3v) is 5.13. The van der Waals surface area contributed by atoms with Crippen LogP contribution < -0.4 is 0 Å². The number of hydrogen-bond acceptors (Lipinski definition) is 5. The van der Waals surface area contributed by atoms with E-state index in [1.807, 2.05) is 18.0 Å². The predicted octanol–water partition coefficient (Wildman–Crippen LogP) is 2.37. The molecule has 7 nitrogen and oxygen atoms in total. The lowest BCUT2D eigenvalue weighted by Gasteiger charge is -2.34. The number of ether oxygens (including phenoxy) is 1. The molecular formula is C18H24N4O3. The molecule has 1 aliphatic carbocycles. The van der Waals surface area contributed by atoms with Crippen molar-refractivity contribution in [1.82, 2.24) is 19.4 Å². The Morgan fingerprint density at radius 1 is 1.36 bits per heavy atom. The van der Waals surface area contributed by atoms with Gasteiger partial charge in [-0.3, -0.25) is 4.79 Å². The van der Waals surface area contributed by atoms with E-state index in [4.69, 9.17) is 9.15 Å². The van der Waals surface area contributed by atoms with Crippen LogP contribution >= 0.6 is 0 Å². The summed E-state index contributed by atoms with van der Waals surface area (Å²) in [6.07, 6.45) is 6.72. The second-order valence-electron chi connectivity index (χ2n) is 6.97. The Kier molecular flexibility index (Phi) is 4.33. The Morgan fingerprint density at radius 2 is 2.20 bits per heavy atom. The van der Waals surface area contributed by atoms with Gasteiger partial charge in [0.25, 0.3) is 5.91 Å². The molecule has 1 atom stereocenters. The molecule has 25 heavy (non-hydrogen) atoms. The van der Waals surface area contributed by atoms with Crippen LogP contribution in [-0.4, -0.2) is 45.1 Å². The molecule has 0 spiro atoms. The Bertz CT molecular complexity index is 762. The van der Waals surface area contributed by atoms with Crippen LogP contribution in [0.25, 0.3) is 0 Å². The van der Waals surface area contributed by atoms with Crippen molar-refractivity contribution in [2.45, 2.75) is 45.7 Å². The number of imidazole rings is 1. The average Bonchev–Trinajstić information content (AvgIpc) is 3.18.